The van der Waals surface area contributed by atoms with E-state index in [9.17, 15) is 4.79 Å². The van der Waals surface area contributed by atoms with E-state index in [1.807, 2.05) is 30.0 Å². The summed E-state index contributed by atoms with van der Waals surface area (Å²) in [6.07, 6.45) is 2.21. The molecule has 4 heteroatoms. The fourth-order valence-corrected chi connectivity index (χ4v) is 2.61. The van der Waals surface area contributed by atoms with Crippen LogP contribution in [-0.4, -0.2) is 48.9 Å². The molecular formula is C15H23N3O. The fourth-order valence-electron chi connectivity index (χ4n) is 2.61. The van der Waals surface area contributed by atoms with Gasteiger partial charge in [-0.2, -0.15) is 0 Å². The first-order valence-electron chi connectivity index (χ1n) is 6.81. The summed E-state index contributed by atoms with van der Waals surface area (Å²) in [6.45, 7) is 3.60. The van der Waals surface area contributed by atoms with Crippen LogP contribution >= 0.6 is 0 Å². The van der Waals surface area contributed by atoms with Gasteiger partial charge in [0, 0.05) is 24.8 Å². The molecule has 2 rings (SSSR count). The molecule has 2 N–H and O–H groups in total. The monoisotopic (exact) mass is 261 g/mol. The largest absolute Gasteiger partial charge is 0.398 e. The number of nitrogens with zero attached hydrogens (tertiary/aromatic N) is 2. The number of likely N-dealkylation sites (tertiary alicyclic amines) is 1. The van der Waals surface area contributed by atoms with Crippen LogP contribution in [-0.2, 0) is 0 Å². The molecule has 19 heavy (non-hydrogen) atoms. The predicted molar refractivity (Wildman–Crippen MR) is 78.2 cm³/mol. The summed E-state index contributed by atoms with van der Waals surface area (Å²) in [6, 6.07) is 6.09. The van der Waals surface area contributed by atoms with Gasteiger partial charge in [0.25, 0.3) is 5.91 Å². The van der Waals surface area contributed by atoms with Crippen molar-refractivity contribution in [2.45, 2.75) is 25.8 Å². The lowest BCUT2D eigenvalue weighted by Crippen LogP contribution is -2.47. The van der Waals surface area contributed by atoms with Crippen molar-refractivity contribution < 1.29 is 4.79 Å². The molecule has 0 saturated carbocycles. The number of hydrogen-bond acceptors (Lipinski definition) is 3. The number of hydrogen-bond donors (Lipinski definition) is 1. The maximum absolute atomic E-state index is 12.5. The molecule has 1 heterocycles. The van der Waals surface area contributed by atoms with Crippen molar-refractivity contribution in [3.05, 3.63) is 29.3 Å². The van der Waals surface area contributed by atoms with E-state index in [-0.39, 0.29) is 5.91 Å². The number of likely N-dealkylation sites (N-methyl/N-ethyl adjacent to an activating group) is 1. The highest BCUT2D eigenvalue weighted by Crippen LogP contribution is 2.20. The summed E-state index contributed by atoms with van der Waals surface area (Å²) in [5.41, 5.74) is 8.26. The highest BCUT2D eigenvalue weighted by atomic mass is 16.2. The number of piperidine rings is 1. The second-order valence-electron chi connectivity index (χ2n) is 5.60. The third kappa shape index (κ3) is 3.07. The summed E-state index contributed by atoms with van der Waals surface area (Å²) in [5, 5.41) is 0. The van der Waals surface area contributed by atoms with Gasteiger partial charge in [-0.15, -0.1) is 0 Å². The number of carbonyl (C=O) groups excluding carboxylic acids is 1. The minimum atomic E-state index is 0.0593. The molecule has 1 amide bonds. The van der Waals surface area contributed by atoms with Gasteiger partial charge in [-0.05, 0) is 51.6 Å². The average molecular weight is 261 g/mol. The lowest BCUT2D eigenvalue weighted by Gasteiger charge is -2.36. The Morgan fingerprint density at radius 1 is 1.42 bits per heavy atom. The minimum absolute atomic E-state index is 0.0593. The number of nitrogens with two attached hydrogens (primary N) is 1. The minimum Gasteiger partial charge on any atom is -0.398 e. The van der Waals surface area contributed by atoms with E-state index in [1.54, 1.807) is 0 Å². The molecule has 1 aromatic rings. The quantitative estimate of drug-likeness (QED) is 0.825. The number of rotatable bonds is 2. The van der Waals surface area contributed by atoms with Gasteiger partial charge in [0.2, 0.25) is 0 Å². The van der Waals surface area contributed by atoms with Gasteiger partial charge >= 0.3 is 0 Å². The molecule has 1 atom stereocenters. The van der Waals surface area contributed by atoms with Gasteiger partial charge in [0.1, 0.15) is 0 Å². The van der Waals surface area contributed by atoms with E-state index < -0.39 is 0 Å². The fraction of sp³-hybridized carbons (Fsp3) is 0.533. The standard InChI is InChI=1S/C15H23N3O/c1-11-6-7-13(14(16)9-11)15(19)18-8-4-5-12(10-18)17(2)3/h6-7,9,12H,4-5,8,10,16H2,1-3H3. The van der Waals surface area contributed by atoms with Gasteiger partial charge in [0.05, 0.1) is 5.56 Å². The van der Waals surface area contributed by atoms with E-state index >= 15 is 0 Å². The number of aryl methyl sites for hydroxylation is 1. The first-order valence-corrected chi connectivity index (χ1v) is 6.81. The normalized spacial score (nSPS) is 19.8. The molecule has 4 nitrogen and oxygen atoms in total. The van der Waals surface area contributed by atoms with Gasteiger partial charge < -0.3 is 15.5 Å². The topological polar surface area (TPSA) is 49.6 Å². The van der Waals surface area contributed by atoms with Crippen LogP contribution in [0.5, 0.6) is 0 Å². The Labute approximate surface area is 115 Å². The van der Waals surface area contributed by atoms with Crippen molar-refractivity contribution in [1.82, 2.24) is 9.80 Å². The predicted octanol–water partition coefficient (Wildman–Crippen LogP) is 1.74. The van der Waals surface area contributed by atoms with Crippen LogP contribution in [0.4, 0.5) is 5.69 Å². The lowest BCUT2D eigenvalue weighted by atomic mass is 10.0. The van der Waals surface area contributed by atoms with Crippen LogP contribution in [0.1, 0.15) is 28.8 Å². The molecule has 1 aliphatic rings. The van der Waals surface area contributed by atoms with Crippen molar-refractivity contribution in [2.24, 2.45) is 0 Å². The van der Waals surface area contributed by atoms with E-state index in [2.05, 4.69) is 19.0 Å². The molecule has 1 fully saturated rings. The summed E-state index contributed by atoms with van der Waals surface area (Å²) in [4.78, 5) is 16.6. The van der Waals surface area contributed by atoms with Crippen molar-refractivity contribution in [2.75, 3.05) is 32.9 Å². The van der Waals surface area contributed by atoms with E-state index in [0.717, 1.165) is 31.5 Å². The van der Waals surface area contributed by atoms with Gasteiger partial charge in [-0.1, -0.05) is 6.07 Å². The highest BCUT2D eigenvalue weighted by Gasteiger charge is 2.26. The van der Waals surface area contributed by atoms with Crippen LogP contribution in [0, 0.1) is 6.92 Å². The number of benzene rings is 1. The summed E-state index contributed by atoms with van der Waals surface area (Å²) < 4.78 is 0. The molecule has 1 aliphatic heterocycles. The van der Waals surface area contributed by atoms with Gasteiger partial charge in [-0.25, -0.2) is 0 Å². The third-order valence-corrected chi connectivity index (χ3v) is 3.85. The van der Waals surface area contributed by atoms with Crippen molar-refractivity contribution >= 4 is 11.6 Å². The number of carbonyl (C=O) groups is 1. The molecule has 0 bridgehead atoms. The Morgan fingerprint density at radius 2 is 2.16 bits per heavy atom. The van der Waals surface area contributed by atoms with Crippen molar-refractivity contribution in [1.29, 1.82) is 0 Å². The lowest BCUT2D eigenvalue weighted by molar-refractivity contribution is 0.0636. The number of amides is 1. The zero-order chi connectivity index (χ0) is 14.0. The molecule has 1 unspecified atom stereocenters. The van der Waals surface area contributed by atoms with Crippen LogP contribution < -0.4 is 5.73 Å². The molecule has 0 aliphatic carbocycles. The van der Waals surface area contributed by atoms with Crippen LogP contribution in [0.25, 0.3) is 0 Å². The Hall–Kier alpha value is -1.55. The first-order chi connectivity index (χ1) is 8.99. The second kappa shape index (κ2) is 5.61. The van der Waals surface area contributed by atoms with Crippen LogP contribution in [0.2, 0.25) is 0 Å². The summed E-state index contributed by atoms with van der Waals surface area (Å²) in [5.74, 6) is 0.0593. The Bertz CT molecular complexity index is 470. The molecule has 1 aromatic carbocycles. The van der Waals surface area contributed by atoms with Crippen molar-refractivity contribution in [3.63, 3.8) is 0 Å². The first kappa shape index (κ1) is 13.9. The number of anilines is 1. The Balaban J connectivity index is 2.15. The van der Waals surface area contributed by atoms with E-state index in [4.69, 9.17) is 5.73 Å². The van der Waals surface area contributed by atoms with Crippen LogP contribution in [0.3, 0.4) is 0 Å². The molecule has 0 spiro atoms. The molecule has 104 valence electrons. The second-order valence-corrected chi connectivity index (χ2v) is 5.60. The molecule has 0 radical (unpaired) electrons. The maximum Gasteiger partial charge on any atom is 0.255 e. The Kier molecular flexibility index (Phi) is 4.10. The van der Waals surface area contributed by atoms with Gasteiger partial charge in [0.15, 0.2) is 0 Å². The van der Waals surface area contributed by atoms with E-state index in [0.29, 0.717) is 17.3 Å². The zero-order valence-electron chi connectivity index (χ0n) is 12.0. The number of nitrogen functional groups attached to an aromatic ring is 1. The van der Waals surface area contributed by atoms with E-state index in [1.165, 1.54) is 0 Å². The maximum atomic E-state index is 12.5. The van der Waals surface area contributed by atoms with Gasteiger partial charge in [-0.3, -0.25) is 4.79 Å². The summed E-state index contributed by atoms with van der Waals surface area (Å²) in [7, 11) is 4.14. The smallest absolute Gasteiger partial charge is 0.255 e. The molecular weight excluding hydrogens is 238 g/mol. The SMILES string of the molecule is Cc1ccc(C(=O)N2CCCC(N(C)C)C2)c(N)c1. The highest BCUT2D eigenvalue weighted by molar-refractivity contribution is 5.99. The Morgan fingerprint density at radius 3 is 2.79 bits per heavy atom. The van der Waals surface area contributed by atoms with Crippen molar-refractivity contribution in [3.8, 4) is 0 Å². The average Bonchev–Trinajstić information content (AvgIpc) is 2.38. The molecule has 0 aromatic heterocycles. The van der Waals surface area contributed by atoms with Crippen LogP contribution in [0.15, 0.2) is 18.2 Å². The third-order valence-electron chi connectivity index (χ3n) is 3.85. The molecule has 1 saturated heterocycles. The zero-order valence-corrected chi connectivity index (χ0v) is 12.0. The summed E-state index contributed by atoms with van der Waals surface area (Å²) >= 11 is 0.